The summed E-state index contributed by atoms with van der Waals surface area (Å²) in [6.45, 7) is 2.11. The average Bonchev–Trinajstić information content (AvgIpc) is 2.89. The van der Waals surface area contributed by atoms with Crippen molar-refractivity contribution in [1.29, 1.82) is 0 Å². The van der Waals surface area contributed by atoms with Crippen LogP contribution in [-0.2, 0) is 4.57 Å². The standard InChI is InChI=1S/C33H68FO3P/c1-2-3-4-5-6-7-8-12-15-18-21-24-27-30-33(38(35,36)37)31-28-25-22-19-16-13-10-9-11-14-17-20-23-26-29-32-34/h33H,2-32H2,1H3,(H2,35,36,37). The van der Waals surface area contributed by atoms with Gasteiger partial charge in [0, 0.05) is 0 Å². The highest BCUT2D eigenvalue weighted by Gasteiger charge is 2.27. The number of rotatable bonds is 32. The second-order valence-corrected chi connectivity index (χ2v) is 14.0. The van der Waals surface area contributed by atoms with Crippen LogP contribution in [0.25, 0.3) is 0 Å². The molecule has 0 amide bonds. The monoisotopic (exact) mass is 562 g/mol. The van der Waals surface area contributed by atoms with E-state index in [9.17, 15) is 18.7 Å². The fourth-order valence-corrected chi connectivity index (χ4v) is 6.69. The number of alkyl halides is 1. The molecule has 0 saturated carbocycles. The maximum Gasteiger partial charge on any atom is 0.328 e. The van der Waals surface area contributed by atoms with Crippen LogP contribution in [0.2, 0.25) is 0 Å². The van der Waals surface area contributed by atoms with E-state index in [1.807, 2.05) is 0 Å². The lowest BCUT2D eigenvalue weighted by Crippen LogP contribution is -2.08. The molecule has 2 N–H and O–H groups in total. The molecule has 38 heavy (non-hydrogen) atoms. The van der Waals surface area contributed by atoms with E-state index in [2.05, 4.69) is 6.92 Å². The number of hydrogen-bond acceptors (Lipinski definition) is 1. The topological polar surface area (TPSA) is 57.5 Å². The first-order valence-electron chi connectivity index (χ1n) is 17.1. The molecular weight excluding hydrogens is 494 g/mol. The molecule has 0 spiro atoms. The third-order valence-electron chi connectivity index (χ3n) is 8.29. The van der Waals surface area contributed by atoms with Crippen molar-refractivity contribution in [3.05, 3.63) is 0 Å². The largest absolute Gasteiger partial charge is 0.328 e. The minimum Gasteiger partial charge on any atom is -0.324 e. The third-order valence-corrected chi connectivity index (χ3v) is 9.76. The Bertz CT molecular complexity index is 497. The lowest BCUT2D eigenvalue weighted by Gasteiger charge is -2.18. The molecule has 0 heterocycles. The molecule has 0 aromatic rings. The van der Waals surface area contributed by atoms with E-state index in [-0.39, 0.29) is 6.67 Å². The van der Waals surface area contributed by atoms with E-state index in [4.69, 9.17) is 0 Å². The summed E-state index contributed by atoms with van der Waals surface area (Å²) in [5, 5.41) is 0. The van der Waals surface area contributed by atoms with Crippen LogP contribution in [0.1, 0.15) is 200 Å². The fourth-order valence-electron chi connectivity index (χ4n) is 5.65. The van der Waals surface area contributed by atoms with Crippen LogP contribution in [0.4, 0.5) is 4.39 Å². The Morgan fingerprint density at radius 2 is 0.684 bits per heavy atom. The molecule has 0 radical (unpaired) electrons. The normalized spacial score (nSPS) is 12.8. The van der Waals surface area contributed by atoms with Crippen molar-refractivity contribution in [3.8, 4) is 0 Å². The van der Waals surface area contributed by atoms with Crippen molar-refractivity contribution in [2.24, 2.45) is 0 Å². The molecule has 0 aromatic carbocycles. The minimum atomic E-state index is -3.97. The van der Waals surface area contributed by atoms with Crippen molar-refractivity contribution in [2.75, 3.05) is 6.67 Å². The van der Waals surface area contributed by atoms with Gasteiger partial charge in [0.2, 0.25) is 0 Å². The highest BCUT2D eigenvalue weighted by molar-refractivity contribution is 7.52. The van der Waals surface area contributed by atoms with E-state index in [1.165, 1.54) is 141 Å². The zero-order valence-corrected chi connectivity index (χ0v) is 26.5. The maximum absolute atomic E-state index is 12.0. The smallest absolute Gasteiger partial charge is 0.324 e. The van der Waals surface area contributed by atoms with Crippen LogP contribution in [0, 0.1) is 0 Å². The molecule has 0 bridgehead atoms. The van der Waals surface area contributed by atoms with Crippen LogP contribution in [-0.4, -0.2) is 22.1 Å². The van der Waals surface area contributed by atoms with Crippen molar-refractivity contribution in [1.82, 2.24) is 0 Å². The lowest BCUT2D eigenvalue weighted by atomic mass is 10.0. The van der Waals surface area contributed by atoms with Gasteiger partial charge >= 0.3 is 7.60 Å². The Labute approximate surface area is 238 Å². The summed E-state index contributed by atoms with van der Waals surface area (Å²) in [6, 6.07) is 0. The molecule has 5 heteroatoms. The number of halogens is 1. The van der Waals surface area contributed by atoms with Gasteiger partial charge in [-0.25, -0.2) is 0 Å². The predicted octanol–water partition coefficient (Wildman–Crippen LogP) is 12.2. The van der Waals surface area contributed by atoms with Crippen LogP contribution in [0.15, 0.2) is 0 Å². The highest BCUT2D eigenvalue weighted by Crippen LogP contribution is 2.46. The maximum atomic E-state index is 12.0. The summed E-state index contributed by atoms with van der Waals surface area (Å²) < 4.78 is 24.0. The summed E-state index contributed by atoms with van der Waals surface area (Å²) in [5.41, 5.74) is -0.418. The molecule has 0 fully saturated rings. The van der Waals surface area contributed by atoms with Crippen LogP contribution < -0.4 is 0 Å². The third kappa shape index (κ3) is 29.1. The van der Waals surface area contributed by atoms with Gasteiger partial charge in [-0.15, -0.1) is 0 Å². The molecule has 3 nitrogen and oxygen atoms in total. The molecular formula is C33H68FO3P. The molecule has 0 aromatic heterocycles. The van der Waals surface area contributed by atoms with Gasteiger partial charge in [-0.05, 0) is 19.3 Å². The van der Waals surface area contributed by atoms with Crippen molar-refractivity contribution in [2.45, 2.75) is 205 Å². The SMILES string of the molecule is CCCCCCCCCCCCCCCC(CCCCCCCCCCCCCCCCCF)P(=O)(O)O. The molecule has 0 aliphatic carbocycles. The molecule has 0 saturated heterocycles. The Morgan fingerprint density at radius 3 is 0.921 bits per heavy atom. The van der Waals surface area contributed by atoms with Gasteiger partial charge in [-0.2, -0.15) is 0 Å². The lowest BCUT2D eigenvalue weighted by molar-refractivity contribution is 0.345. The molecule has 0 rings (SSSR count). The quantitative estimate of drug-likeness (QED) is 0.0633. The van der Waals surface area contributed by atoms with E-state index in [1.54, 1.807) is 0 Å². The van der Waals surface area contributed by atoms with Crippen LogP contribution in [0.5, 0.6) is 0 Å². The first-order valence-corrected chi connectivity index (χ1v) is 18.8. The summed E-state index contributed by atoms with van der Waals surface area (Å²) in [7, 11) is -3.97. The summed E-state index contributed by atoms with van der Waals surface area (Å²) in [4.78, 5) is 19.6. The minimum absolute atomic E-state index is 0.159. The second-order valence-electron chi connectivity index (χ2n) is 12.1. The van der Waals surface area contributed by atoms with Crippen molar-refractivity contribution >= 4 is 7.60 Å². The zero-order valence-electron chi connectivity index (χ0n) is 25.6. The zero-order chi connectivity index (χ0) is 28.0. The predicted molar refractivity (Wildman–Crippen MR) is 166 cm³/mol. The van der Waals surface area contributed by atoms with Gasteiger partial charge in [0.15, 0.2) is 0 Å². The van der Waals surface area contributed by atoms with E-state index in [0.717, 1.165) is 38.5 Å². The van der Waals surface area contributed by atoms with Gasteiger partial charge in [0.05, 0.1) is 12.3 Å². The van der Waals surface area contributed by atoms with Gasteiger partial charge in [0.1, 0.15) is 0 Å². The average molecular weight is 563 g/mol. The molecule has 0 aliphatic heterocycles. The Kier molecular flexibility index (Phi) is 30.1. The van der Waals surface area contributed by atoms with E-state index >= 15 is 0 Å². The summed E-state index contributed by atoms with van der Waals surface area (Å²) in [5.74, 6) is 0. The highest BCUT2D eigenvalue weighted by atomic mass is 31.2. The first-order chi connectivity index (χ1) is 18.5. The molecule has 1 atom stereocenters. The van der Waals surface area contributed by atoms with Crippen molar-refractivity contribution < 1.29 is 18.7 Å². The van der Waals surface area contributed by atoms with Gasteiger partial charge < -0.3 is 9.79 Å². The number of unbranched alkanes of at least 4 members (excludes halogenated alkanes) is 26. The summed E-state index contributed by atoms with van der Waals surface area (Å²) in [6.07, 6.45) is 36.3. The Hall–Kier alpha value is 0.0800. The van der Waals surface area contributed by atoms with Gasteiger partial charge in [-0.3, -0.25) is 8.96 Å². The summed E-state index contributed by atoms with van der Waals surface area (Å²) >= 11 is 0. The second kappa shape index (κ2) is 30.0. The van der Waals surface area contributed by atoms with E-state index < -0.39 is 13.3 Å². The fraction of sp³-hybridized carbons (Fsp3) is 1.00. The Morgan fingerprint density at radius 1 is 0.447 bits per heavy atom. The van der Waals surface area contributed by atoms with Crippen LogP contribution in [0.3, 0.4) is 0 Å². The van der Waals surface area contributed by atoms with Crippen molar-refractivity contribution in [3.63, 3.8) is 0 Å². The first kappa shape index (κ1) is 38.1. The van der Waals surface area contributed by atoms with Gasteiger partial charge in [-0.1, -0.05) is 180 Å². The molecule has 0 aliphatic rings. The molecule has 230 valence electrons. The molecule has 1 unspecified atom stereocenters. The number of hydrogen-bond donors (Lipinski definition) is 2. The van der Waals surface area contributed by atoms with Crippen LogP contribution >= 0.6 is 7.60 Å². The van der Waals surface area contributed by atoms with E-state index in [0.29, 0.717) is 12.8 Å². The Balaban J connectivity index is 3.51. The van der Waals surface area contributed by atoms with Gasteiger partial charge in [0.25, 0.3) is 0 Å².